The van der Waals surface area contributed by atoms with E-state index < -0.39 is 0 Å². The summed E-state index contributed by atoms with van der Waals surface area (Å²) >= 11 is 10.4. The van der Waals surface area contributed by atoms with E-state index in [1.165, 1.54) is 25.5 Å². The van der Waals surface area contributed by atoms with Crippen LogP contribution in [0.15, 0.2) is 17.2 Å². The second-order valence-electron chi connectivity index (χ2n) is 2.78. The summed E-state index contributed by atoms with van der Waals surface area (Å²) in [5.41, 5.74) is 7.93. The monoisotopic (exact) mass is 259 g/mol. The number of nitrogens with two attached hydrogens (primary N) is 1. The van der Waals surface area contributed by atoms with Gasteiger partial charge in [0.25, 0.3) is 0 Å². The summed E-state index contributed by atoms with van der Waals surface area (Å²) in [6, 6.07) is 3.03. The molecule has 0 aliphatic heterocycles. The lowest BCUT2D eigenvalue weighted by Crippen LogP contribution is -2.24. The minimum absolute atomic E-state index is 0.0322. The van der Waals surface area contributed by atoms with Gasteiger partial charge in [0.15, 0.2) is 16.6 Å². The number of methoxy groups -OCH3 is 1. The SMILES string of the molecule is COc1cc(Cl)cc(C=NNC(N)=S)c1O. The quantitative estimate of drug-likeness (QED) is 0.432. The number of hydrogen-bond donors (Lipinski definition) is 3. The lowest BCUT2D eigenvalue weighted by Gasteiger charge is -2.06. The van der Waals surface area contributed by atoms with Crippen LogP contribution >= 0.6 is 23.8 Å². The third-order valence-corrected chi connectivity index (χ3v) is 1.98. The van der Waals surface area contributed by atoms with Gasteiger partial charge in [-0.1, -0.05) is 11.6 Å². The molecule has 0 aliphatic carbocycles. The molecule has 0 amide bonds. The van der Waals surface area contributed by atoms with Crippen LogP contribution in [-0.4, -0.2) is 23.5 Å². The van der Waals surface area contributed by atoms with E-state index in [4.69, 9.17) is 22.1 Å². The topological polar surface area (TPSA) is 79.9 Å². The molecule has 0 atom stereocenters. The Balaban J connectivity index is 2.99. The number of ether oxygens (including phenoxy) is 1. The minimum Gasteiger partial charge on any atom is -0.504 e. The number of rotatable bonds is 3. The zero-order valence-electron chi connectivity index (χ0n) is 8.40. The highest BCUT2D eigenvalue weighted by Crippen LogP contribution is 2.32. The lowest BCUT2D eigenvalue weighted by atomic mass is 10.2. The summed E-state index contributed by atoms with van der Waals surface area (Å²) in [6.07, 6.45) is 1.34. The van der Waals surface area contributed by atoms with Gasteiger partial charge in [-0.05, 0) is 18.3 Å². The van der Waals surface area contributed by atoms with Crippen molar-refractivity contribution in [1.29, 1.82) is 0 Å². The standard InChI is InChI=1S/C9H10ClN3O2S/c1-15-7-3-6(10)2-5(8(7)14)4-12-13-9(11)16/h2-4,14H,1H3,(H3,11,13,16). The number of hydrazone groups is 1. The molecule has 0 spiro atoms. The van der Waals surface area contributed by atoms with Crippen LogP contribution in [0.4, 0.5) is 0 Å². The second kappa shape index (κ2) is 5.53. The summed E-state index contributed by atoms with van der Waals surface area (Å²) in [6.45, 7) is 0. The van der Waals surface area contributed by atoms with Gasteiger partial charge in [0.1, 0.15) is 0 Å². The maximum Gasteiger partial charge on any atom is 0.184 e. The molecule has 1 aromatic rings. The Morgan fingerprint density at radius 1 is 1.69 bits per heavy atom. The summed E-state index contributed by atoms with van der Waals surface area (Å²) < 4.78 is 4.93. The second-order valence-corrected chi connectivity index (χ2v) is 3.66. The first-order chi connectivity index (χ1) is 7.54. The summed E-state index contributed by atoms with van der Waals surface area (Å²) in [4.78, 5) is 0. The number of nitrogens with one attached hydrogen (secondary N) is 1. The molecule has 0 aliphatic rings. The average Bonchev–Trinajstić information content (AvgIpc) is 2.22. The number of hydrogen-bond acceptors (Lipinski definition) is 4. The Bertz CT molecular complexity index is 437. The molecule has 86 valence electrons. The van der Waals surface area contributed by atoms with E-state index in [1.807, 2.05) is 0 Å². The highest BCUT2D eigenvalue weighted by molar-refractivity contribution is 7.80. The molecule has 0 fully saturated rings. The van der Waals surface area contributed by atoms with Crippen LogP contribution < -0.4 is 15.9 Å². The van der Waals surface area contributed by atoms with E-state index in [2.05, 4.69) is 22.7 Å². The van der Waals surface area contributed by atoms with Crippen molar-refractivity contribution in [3.8, 4) is 11.5 Å². The molecular weight excluding hydrogens is 250 g/mol. The highest BCUT2D eigenvalue weighted by Gasteiger charge is 2.07. The Kier molecular flexibility index (Phi) is 4.33. The average molecular weight is 260 g/mol. The molecule has 0 bridgehead atoms. The third-order valence-electron chi connectivity index (χ3n) is 1.67. The van der Waals surface area contributed by atoms with Crippen molar-refractivity contribution >= 4 is 35.1 Å². The molecule has 7 heteroatoms. The van der Waals surface area contributed by atoms with Crippen molar-refractivity contribution in [2.45, 2.75) is 0 Å². The Hall–Kier alpha value is -1.53. The zero-order chi connectivity index (χ0) is 12.1. The minimum atomic E-state index is -0.0552. The normalized spacial score (nSPS) is 10.4. The van der Waals surface area contributed by atoms with E-state index in [1.54, 1.807) is 0 Å². The highest BCUT2D eigenvalue weighted by atomic mass is 35.5. The lowest BCUT2D eigenvalue weighted by molar-refractivity contribution is 0.373. The third kappa shape index (κ3) is 3.25. The molecule has 0 heterocycles. The van der Waals surface area contributed by atoms with Crippen molar-refractivity contribution in [3.05, 3.63) is 22.7 Å². The Labute approximate surface area is 103 Å². The van der Waals surface area contributed by atoms with Crippen LogP contribution in [0.3, 0.4) is 0 Å². The van der Waals surface area contributed by atoms with Crippen LogP contribution in [-0.2, 0) is 0 Å². The first kappa shape index (κ1) is 12.5. The first-order valence-electron chi connectivity index (χ1n) is 4.19. The molecule has 1 aromatic carbocycles. The summed E-state index contributed by atoms with van der Waals surface area (Å²) in [5, 5.41) is 13.9. The van der Waals surface area contributed by atoms with Gasteiger partial charge in [-0.2, -0.15) is 5.10 Å². The predicted octanol–water partition coefficient (Wildman–Crippen LogP) is 1.22. The van der Waals surface area contributed by atoms with E-state index >= 15 is 0 Å². The first-order valence-corrected chi connectivity index (χ1v) is 4.98. The van der Waals surface area contributed by atoms with Crippen LogP contribution in [0.5, 0.6) is 11.5 Å². The number of aromatic hydroxyl groups is 1. The van der Waals surface area contributed by atoms with Gasteiger partial charge >= 0.3 is 0 Å². The Morgan fingerprint density at radius 3 is 2.94 bits per heavy atom. The number of halogens is 1. The molecule has 0 unspecified atom stereocenters. The fraction of sp³-hybridized carbons (Fsp3) is 0.111. The number of phenols is 1. The van der Waals surface area contributed by atoms with Crippen molar-refractivity contribution in [2.24, 2.45) is 10.8 Å². The molecule has 0 saturated heterocycles. The number of thiocarbonyl (C=S) groups is 1. The summed E-state index contributed by atoms with van der Waals surface area (Å²) in [7, 11) is 1.43. The maximum absolute atomic E-state index is 9.71. The summed E-state index contributed by atoms with van der Waals surface area (Å²) in [5.74, 6) is 0.213. The smallest absolute Gasteiger partial charge is 0.184 e. The number of phenolic OH excluding ortho intramolecular Hbond substituents is 1. The van der Waals surface area contributed by atoms with Crippen molar-refractivity contribution in [2.75, 3.05) is 7.11 Å². The van der Waals surface area contributed by atoms with Gasteiger partial charge in [-0.15, -0.1) is 0 Å². The molecule has 5 nitrogen and oxygen atoms in total. The van der Waals surface area contributed by atoms with Crippen LogP contribution in [0, 0.1) is 0 Å². The molecule has 0 aromatic heterocycles. The number of nitrogens with zero attached hydrogens (tertiary/aromatic N) is 1. The van der Waals surface area contributed by atoms with Crippen molar-refractivity contribution in [1.82, 2.24) is 5.43 Å². The van der Waals surface area contributed by atoms with Gasteiger partial charge in [0.2, 0.25) is 0 Å². The number of benzene rings is 1. The van der Waals surface area contributed by atoms with E-state index in [-0.39, 0.29) is 16.6 Å². The van der Waals surface area contributed by atoms with Crippen molar-refractivity contribution in [3.63, 3.8) is 0 Å². The van der Waals surface area contributed by atoms with Crippen LogP contribution in [0.25, 0.3) is 0 Å². The van der Waals surface area contributed by atoms with Gasteiger partial charge in [0.05, 0.1) is 13.3 Å². The van der Waals surface area contributed by atoms with Crippen LogP contribution in [0.1, 0.15) is 5.56 Å². The predicted molar refractivity (Wildman–Crippen MR) is 67.2 cm³/mol. The van der Waals surface area contributed by atoms with Crippen LogP contribution in [0.2, 0.25) is 5.02 Å². The largest absolute Gasteiger partial charge is 0.504 e. The molecule has 4 N–H and O–H groups in total. The van der Waals surface area contributed by atoms with Gasteiger partial charge in [-0.25, -0.2) is 0 Å². The van der Waals surface area contributed by atoms with E-state index in [9.17, 15) is 5.11 Å². The van der Waals surface area contributed by atoms with Gasteiger partial charge < -0.3 is 15.6 Å². The molecule has 0 radical (unpaired) electrons. The molecule has 1 rings (SSSR count). The van der Waals surface area contributed by atoms with Crippen molar-refractivity contribution < 1.29 is 9.84 Å². The maximum atomic E-state index is 9.71. The Morgan fingerprint density at radius 2 is 2.38 bits per heavy atom. The van der Waals surface area contributed by atoms with Gasteiger partial charge in [0, 0.05) is 16.7 Å². The van der Waals surface area contributed by atoms with E-state index in [0.717, 1.165) is 0 Å². The van der Waals surface area contributed by atoms with Gasteiger partial charge in [-0.3, -0.25) is 5.43 Å². The fourth-order valence-electron chi connectivity index (χ4n) is 1.01. The molecule has 0 saturated carbocycles. The molecule has 16 heavy (non-hydrogen) atoms. The van der Waals surface area contributed by atoms with E-state index in [0.29, 0.717) is 10.6 Å². The molecular formula is C9H10ClN3O2S. The fourth-order valence-corrected chi connectivity index (χ4v) is 1.28. The zero-order valence-corrected chi connectivity index (χ0v) is 9.97.